The highest BCUT2D eigenvalue weighted by Gasteiger charge is 2.29. The molecule has 2 amide bonds. The molecule has 3 rings (SSSR count). The Labute approximate surface area is 218 Å². The lowest BCUT2D eigenvalue weighted by Crippen LogP contribution is -2.46. The molecule has 1 aromatic carbocycles. The number of nitrogens with one attached hydrogen (secondary N) is 1. The first-order chi connectivity index (χ1) is 17.0. The summed E-state index contributed by atoms with van der Waals surface area (Å²) in [5.41, 5.74) is -0.609. The number of anilines is 1. The number of ether oxygens (including phenoxy) is 1. The van der Waals surface area contributed by atoms with Crippen molar-refractivity contribution in [2.24, 2.45) is 11.3 Å². The highest BCUT2D eigenvalue weighted by atomic mass is 32.2. The lowest BCUT2D eigenvalue weighted by atomic mass is 9.86. The number of rotatable bonds is 11. The number of amides is 2. The van der Waals surface area contributed by atoms with Gasteiger partial charge in [0.2, 0.25) is 0 Å². The maximum atomic E-state index is 13.9. The van der Waals surface area contributed by atoms with Gasteiger partial charge in [0.05, 0.1) is 29.0 Å². The molecule has 2 aromatic rings. The number of thiazole rings is 1. The van der Waals surface area contributed by atoms with Crippen LogP contribution in [0.25, 0.3) is 0 Å². The van der Waals surface area contributed by atoms with Crippen LogP contribution in [0.5, 0.6) is 0 Å². The summed E-state index contributed by atoms with van der Waals surface area (Å²) in [6, 6.07) is 3.16. The SMILES string of the molecule is CC1CCC(N(CCOCc2ccc(F)cc2F)C(=O)Nc2ncc(SCC(C)(C)C(=O)O)s2)CC1. The van der Waals surface area contributed by atoms with E-state index in [1.165, 1.54) is 35.2 Å². The van der Waals surface area contributed by atoms with Crippen molar-refractivity contribution in [3.63, 3.8) is 0 Å². The van der Waals surface area contributed by atoms with Gasteiger partial charge in [-0.05, 0) is 51.5 Å². The van der Waals surface area contributed by atoms with Crippen molar-refractivity contribution in [2.45, 2.75) is 63.3 Å². The predicted octanol–water partition coefficient (Wildman–Crippen LogP) is 6.25. The standard InChI is InChI=1S/C25H33F2N3O4S2/c1-16-4-8-19(9-5-16)30(10-11-34-14-17-6-7-18(26)12-20(17)27)24(33)29-23-28-13-21(36-23)35-15-25(2,3)22(31)32/h6-7,12-13,16,19H,4-5,8-11,14-15H2,1-3H3,(H,31,32)(H,28,29,33). The zero-order chi connectivity index (χ0) is 26.3. The number of aliphatic carboxylic acids is 1. The Morgan fingerprint density at radius 1 is 1.28 bits per heavy atom. The molecule has 0 atom stereocenters. The Morgan fingerprint density at radius 2 is 2.00 bits per heavy atom. The Hall–Kier alpha value is -2.24. The summed E-state index contributed by atoms with van der Waals surface area (Å²) in [5, 5.41) is 12.6. The fourth-order valence-corrected chi connectivity index (χ4v) is 5.79. The third-order valence-electron chi connectivity index (χ3n) is 6.29. The Bertz CT molecular complexity index is 1040. The number of halogens is 2. The van der Waals surface area contributed by atoms with Crippen molar-refractivity contribution in [2.75, 3.05) is 24.2 Å². The zero-order valence-electron chi connectivity index (χ0n) is 20.8. The quantitative estimate of drug-likeness (QED) is 0.258. The van der Waals surface area contributed by atoms with E-state index in [2.05, 4.69) is 17.2 Å². The molecule has 36 heavy (non-hydrogen) atoms. The minimum atomic E-state index is -0.871. The molecule has 1 aliphatic rings. The van der Waals surface area contributed by atoms with Crippen molar-refractivity contribution in [3.8, 4) is 0 Å². The number of thioether (sulfide) groups is 1. The number of carboxylic acids is 1. The summed E-state index contributed by atoms with van der Waals surface area (Å²) in [6.45, 7) is 6.07. The van der Waals surface area contributed by atoms with Crippen LogP contribution in [0.4, 0.5) is 18.7 Å². The maximum Gasteiger partial charge on any atom is 0.323 e. The van der Waals surface area contributed by atoms with Crippen molar-refractivity contribution >= 4 is 40.2 Å². The molecule has 1 heterocycles. The smallest absolute Gasteiger partial charge is 0.323 e. The molecular weight excluding hydrogens is 508 g/mol. The van der Waals surface area contributed by atoms with Crippen molar-refractivity contribution in [3.05, 3.63) is 41.6 Å². The second-order valence-corrected chi connectivity index (χ2v) is 12.1. The second kappa shape index (κ2) is 12.8. The average molecular weight is 542 g/mol. The molecule has 198 valence electrons. The molecule has 0 aliphatic heterocycles. The van der Waals surface area contributed by atoms with Crippen LogP contribution in [0.2, 0.25) is 0 Å². The number of urea groups is 1. The minimum Gasteiger partial charge on any atom is -0.481 e. The molecular formula is C25H33F2N3O4S2. The number of carboxylic acid groups (broad SMARTS) is 1. The molecule has 11 heteroatoms. The fraction of sp³-hybridized carbons (Fsp3) is 0.560. The van der Waals surface area contributed by atoms with E-state index in [1.54, 1.807) is 24.9 Å². The number of hydrogen-bond donors (Lipinski definition) is 2. The normalized spacial score (nSPS) is 18.1. The van der Waals surface area contributed by atoms with Gasteiger partial charge < -0.3 is 14.7 Å². The van der Waals surface area contributed by atoms with Crippen LogP contribution in [0, 0.1) is 23.0 Å². The number of aromatic nitrogens is 1. The van der Waals surface area contributed by atoms with E-state index in [0.29, 0.717) is 23.3 Å². The zero-order valence-corrected chi connectivity index (χ0v) is 22.4. The molecule has 0 bridgehead atoms. The molecule has 1 aromatic heterocycles. The third kappa shape index (κ3) is 8.14. The molecule has 1 aliphatic carbocycles. The number of nitrogens with zero attached hydrogens (tertiary/aromatic N) is 2. The van der Waals surface area contributed by atoms with E-state index in [9.17, 15) is 23.5 Å². The fourth-order valence-electron chi connectivity index (χ4n) is 3.85. The van der Waals surface area contributed by atoms with E-state index in [0.717, 1.165) is 36.0 Å². The largest absolute Gasteiger partial charge is 0.481 e. The van der Waals surface area contributed by atoms with Crippen molar-refractivity contribution in [1.82, 2.24) is 9.88 Å². The Kier molecular flexibility index (Phi) is 10.1. The van der Waals surface area contributed by atoms with Crippen LogP contribution >= 0.6 is 23.1 Å². The van der Waals surface area contributed by atoms with E-state index in [1.807, 2.05) is 0 Å². The van der Waals surface area contributed by atoms with Gasteiger partial charge >= 0.3 is 12.0 Å². The molecule has 7 nitrogen and oxygen atoms in total. The first-order valence-electron chi connectivity index (χ1n) is 12.0. The van der Waals surface area contributed by atoms with Crippen LogP contribution in [0.1, 0.15) is 52.0 Å². The number of benzene rings is 1. The van der Waals surface area contributed by atoms with Crippen LogP contribution in [0.3, 0.4) is 0 Å². The van der Waals surface area contributed by atoms with E-state index in [4.69, 9.17) is 4.74 Å². The molecule has 1 fully saturated rings. The number of carbonyl (C=O) groups is 2. The van der Waals surface area contributed by atoms with Gasteiger partial charge in [-0.25, -0.2) is 18.6 Å². The number of carbonyl (C=O) groups excluding carboxylic acids is 1. The molecule has 0 saturated heterocycles. The van der Waals surface area contributed by atoms with Gasteiger partial charge in [-0.15, -0.1) is 11.8 Å². The van der Waals surface area contributed by atoms with E-state index < -0.39 is 23.0 Å². The van der Waals surface area contributed by atoms with Crippen molar-refractivity contribution < 1.29 is 28.2 Å². The molecule has 2 N–H and O–H groups in total. The van der Waals surface area contributed by atoms with Gasteiger partial charge in [-0.3, -0.25) is 10.1 Å². The van der Waals surface area contributed by atoms with Crippen LogP contribution in [-0.4, -0.2) is 51.9 Å². The highest BCUT2D eigenvalue weighted by Crippen LogP contribution is 2.34. The second-order valence-electron chi connectivity index (χ2n) is 9.79. The summed E-state index contributed by atoms with van der Waals surface area (Å²) in [5.74, 6) is -1.15. The molecule has 1 saturated carbocycles. The lowest BCUT2D eigenvalue weighted by Gasteiger charge is -2.36. The first kappa shape index (κ1) is 28.3. The van der Waals surface area contributed by atoms with Gasteiger partial charge in [0.15, 0.2) is 5.13 Å². The predicted molar refractivity (Wildman–Crippen MR) is 137 cm³/mol. The van der Waals surface area contributed by atoms with Crippen LogP contribution < -0.4 is 5.32 Å². The summed E-state index contributed by atoms with van der Waals surface area (Å²) >= 11 is 2.70. The van der Waals surface area contributed by atoms with Gasteiger partial charge in [0, 0.05) is 30.0 Å². The molecule has 0 unspecified atom stereocenters. The first-order valence-corrected chi connectivity index (χ1v) is 13.8. The van der Waals surface area contributed by atoms with Gasteiger partial charge in [-0.1, -0.05) is 24.3 Å². The van der Waals surface area contributed by atoms with Crippen LogP contribution in [-0.2, 0) is 16.1 Å². The summed E-state index contributed by atoms with van der Waals surface area (Å²) in [6.07, 6.45) is 5.49. The highest BCUT2D eigenvalue weighted by molar-refractivity contribution is 8.01. The third-order valence-corrected chi connectivity index (χ3v) is 8.86. The molecule has 0 spiro atoms. The topological polar surface area (TPSA) is 91.8 Å². The van der Waals surface area contributed by atoms with Crippen LogP contribution in [0.15, 0.2) is 28.6 Å². The number of hydrogen-bond acceptors (Lipinski definition) is 6. The molecule has 0 radical (unpaired) electrons. The maximum absolute atomic E-state index is 13.9. The van der Waals surface area contributed by atoms with Crippen molar-refractivity contribution in [1.29, 1.82) is 0 Å². The van der Waals surface area contributed by atoms with Gasteiger partial charge in [0.25, 0.3) is 0 Å². The summed E-state index contributed by atoms with van der Waals surface area (Å²) in [4.78, 5) is 30.6. The summed E-state index contributed by atoms with van der Waals surface area (Å²) < 4.78 is 33.4. The Morgan fingerprint density at radius 3 is 2.67 bits per heavy atom. The van der Waals surface area contributed by atoms with Gasteiger partial charge in [0.1, 0.15) is 11.6 Å². The Balaban J connectivity index is 1.58. The van der Waals surface area contributed by atoms with E-state index >= 15 is 0 Å². The van der Waals surface area contributed by atoms with E-state index in [-0.39, 0.29) is 30.9 Å². The summed E-state index contributed by atoms with van der Waals surface area (Å²) in [7, 11) is 0. The monoisotopic (exact) mass is 541 g/mol. The average Bonchev–Trinajstić information content (AvgIpc) is 3.27. The lowest BCUT2D eigenvalue weighted by molar-refractivity contribution is -0.145. The van der Waals surface area contributed by atoms with Gasteiger partial charge in [-0.2, -0.15) is 0 Å². The minimum absolute atomic E-state index is 0.0109.